The summed E-state index contributed by atoms with van der Waals surface area (Å²) < 4.78 is 36.2. The summed E-state index contributed by atoms with van der Waals surface area (Å²) in [5.74, 6) is 0.404. The molecule has 0 aliphatic carbocycles. The zero-order valence-electron chi connectivity index (χ0n) is 19.6. The van der Waals surface area contributed by atoms with Gasteiger partial charge in [-0.15, -0.1) is 0 Å². The van der Waals surface area contributed by atoms with Gasteiger partial charge in [0.05, 0.1) is 13.7 Å². The van der Waals surface area contributed by atoms with E-state index < -0.39 is 20.7 Å². The lowest BCUT2D eigenvalue weighted by Crippen LogP contribution is -2.52. The van der Waals surface area contributed by atoms with Gasteiger partial charge in [-0.3, -0.25) is 4.79 Å². The van der Waals surface area contributed by atoms with Crippen molar-refractivity contribution in [3.8, 4) is 16.9 Å². The van der Waals surface area contributed by atoms with Crippen LogP contribution in [-0.2, 0) is 19.6 Å². The Morgan fingerprint density at radius 3 is 2.41 bits per heavy atom. The summed E-state index contributed by atoms with van der Waals surface area (Å²) in [4.78, 5) is 12.0. The highest BCUT2D eigenvalue weighted by molar-refractivity contribution is 7.91. The van der Waals surface area contributed by atoms with E-state index in [9.17, 15) is 13.2 Å². The smallest absolute Gasteiger partial charge is 0.328 e. The maximum Gasteiger partial charge on any atom is 0.328 e. The van der Waals surface area contributed by atoms with Crippen molar-refractivity contribution < 1.29 is 22.7 Å². The van der Waals surface area contributed by atoms with E-state index >= 15 is 0 Å². The lowest BCUT2D eigenvalue weighted by molar-refractivity contribution is -0.142. The topological polar surface area (TPSA) is 72.9 Å². The molecule has 7 heteroatoms. The Kier molecular flexibility index (Phi) is 7.30. The number of methoxy groups -OCH3 is 1. The van der Waals surface area contributed by atoms with Crippen LogP contribution in [0.2, 0.25) is 0 Å². The minimum atomic E-state index is -3.79. The number of piperidine rings is 1. The average Bonchev–Trinajstić information content (AvgIpc) is 2.78. The average molecular weight is 460 g/mol. The number of sulfonamides is 1. The molecule has 1 aliphatic rings. The van der Waals surface area contributed by atoms with Crippen LogP contribution in [0.15, 0.2) is 42.5 Å². The van der Waals surface area contributed by atoms with Crippen LogP contribution < -0.4 is 4.74 Å². The van der Waals surface area contributed by atoms with Crippen LogP contribution in [0, 0.1) is 6.92 Å². The van der Waals surface area contributed by atoms with Crippen molar-refractivity contribution in [1.82, 2.24) is 4.31 Å². The standard InChI is InChI=1S/C25H33NO5S/c1-6-31-22-9-7-8-21(17-22)23-11-10-20(16-18(23)2)19-12-14-26(15-13-19)32(28,29)25(3,4)24(27)30-5/h7-11,16-17,19H,6,12-15H2,1-5H3. The van der Waals surface area contributed by atoms with Crippen LogP contribution in [0.4, 0.5) is 0 Å². The van der Waals surface area contributed by atoms with E-state index in [2.05, 4.69) is 37.3 Å². The first-order valence-corrected chi connectivity index (χ1v) is 12.5. The highest BCUT2D eigenvalue weighted by atomic mass is 32.2. The Labute approximate surface area is 191 Å². The molecule has 0 saturated carbocycles. The predicted octanol–water partition coefficient (Wildman–Crippen LogP) is 4.52. The van der Waals surface area contributed by atoms with Crippen LogP contribution in [0.5, 0.6) is 5.75 Å². The molecule has 2 aromatic rings. The van der Waals surface area contributed by atoms with E-state index in [1.807, 2.05) is 19.1 Å². The van der Waals surface area contributed by atoms with Crippen LogP contribution >= 0.6 is 0 Å². The Bertz CT molecular complexity index is 1070. The number of carbonyl (C=O) groups excluding carboxylic acids is 1. The summed E-state index contributed by atoms with van der Waals surface area (Å²) >= 11 is 0. The highest BCUT2D eigenvalue weighted by Crippen LogP contribution is 2.35. The van der Waals surface area contributed by atoms with E-state index in [-0.39, 0.29) is 5.92 Å². The van der Waals surface area contributed by atoms with Crippen molar-refractivity contribution in [3.05, 3.63) is 53.6 Å². The first-order chi connectivity index (χ1) is 15.1. The molecule has 6 nitrogen and oxygen atoms in total. The quantitative estimate of drug-likeness (QED) is 0.569. The number of carbonyl (C=O) groups is 1. The molecule has 1 fully saturated rings. The van der Waals surface area contributed by atoms with Crippen LogP contribution in [0.25, 0.3) is 11.1 Å². The summed E-state index contributed by atoms with van der Waals surface area (Å²) in [7, 11) is -2.58. The molecule has 32 heavy (non-hydrogen) atoms. The summed E-state index contributed by atoms with van der Waals surface area (Å²) in [6.45, 7) is 8.30. The van der Waals surface area contributed by atoms with E-state index in [0.717, 1.165) is 29.7 Å². The SMILES string of the molecule is CCOc1cccc(-c2ccc(C3CCN(S(=O)(=O)C(C)(C)C(=O)OC)CC3)cc2C)c1. The van der Waals surface area contributed by atoms with Crippen molar-refractivity contribution in [1.29, 1.82) is 0 Å². The highest BCUT2D eigenvalue weighted by Gasteiger charge is 2.47. The lowest BCUT2D eigenvalue weighted by Gasteiger charge is -2.35. The third kappa shape index (κ3) is 4.69. The fraction of sp³-hybridized carbons (Fsp3) is 0.480. The largest absolute Gasteiger partial charge is 0.494 e. The molecule has 2 aromatic carbocycles. The van der Waals surface area contributed by atoms with Crippen molar-refractivity contribution in [2.24, 2.45) is 0 Å². The number of ether oxygens (including phenoxy) is 2. The first kappa shape index (κ1) is 24.3. The van der Waals surface area contributed by atoms with Gasteiger partial charge >= 0.3 is 5.97 Å². The number of aryl methyl sites for hydroxylation is 1. The minimum absolute atomic E-state index is 0.283. The third-order valence-electron chi connectivity index (χ3n) is 6.29. The second-order valence-corrected chi connectivity index (χ2v) is 11.2. The molecule has 3 rings (SSSR count). The van der Waals surface area contributed by atoms with Crippen LogP contribution in [0.1, 0.15) is 50.7 Å². The normalized spacial score (nSPS) is 16.0. The molecule has 0 radical (unpaired) electrons. The molecule has 0 aromatic heterocycles. The Hall–Kier alpha value is -2.38. The number of rotatable bonds is 7. The predicted molar refractivity (Wildman–Crippen MR) is 126 cm³/mol. The monoisotopic (exact) mass is 459 g/mol. The fourth-order valence-electron chi connectivity index (χ4n) is 4.29. The van der Waals surface area contributed by atoms with E-state index in [1.54, 1.807) is 0 Å². The molecule has 1 heterocycles. The van der Waals surface area contributed by atoms with Crippen LogP contribution in [0.3, 0.4) is 0 Å². The van der Waals surface area contributed by atoms with Gasteiger partial charge in [0.2, 0.25) is 10.0 Å². The van der Waals surface area contributed by atoms with Crippen molar-refractivity contribution in [2.45, 2.75) is 51.2 Å². The number of benzene rings is 2. The Morgan fingerprint density at radius 2 is 1.81 bits per heavy atom. The van der Waals surface area contributed by atoms with Gasteiger partial charge in [0, 0.05) is 13.1 Å². The summed E-state index contributed by atoms with van der Waals surface area (Å²) in [5.41, 5.74) is 4.68. The van der Waals surface area contributed by atoms with Gasteiger partial charge in [-0.05, 0) is 80.8 Å². The molecule has 1 aliphatic heterocycles. The third-order valence-corrected chi connectivity index (χ3v) is 8.80. The van der Waals surface area contributed by atoms with E-state index in [0.29, 0.717) is 19.7 Å². The Balaban J connectivity index is 1.73. The maximum atomic E-state index is 13.0. The molecule has 0 spiro atoms. The van der Waals surface area contributed by atoms with Gasteiger partial charge in [-0.2, -0.15) is 0 Å². The second kappa shape index (κ2) is 9.63. The molecule has 174 valence electrons. The van der Waals surface area contributed by atoms with Crippen molar-refractivity contribution in [3.63, 3.8) is 0 Å². The van der Waals surface area contributed by atoms with Gasteiger partial charge in [0.15, 0.2) is 4.75 Å². The van der Waals surface area contributed by atoms with Gasteiger partial charge in [0.1, 0.15) is 5.75 Å². The molecule has 0 N–H and O–H groups in total. The van der Waals surface area contributed by atoms with Gasteiger partial charge in [-0.1, -0.05) is 30.3 Å². The van der Waals surface area contributed by atoms with Crippen LogP contribution in [-0.4, -0.2) is 50.2 Å². The summed E-state index contributed by atoms with van der Waals surface area (Å²) in [6, 6.07) is 14.6. The summed E-state index contributed by atoms with van der Waals surface area (Å²) in [6.07, 6.45) is 1.43. The molecule has 0 atom stereocenters. The summed E-state index contributed by atoms with van der Waals surface area (Å²) in [5, 5.41) is 0. The fourth-order valence-corrected chi connectivity index (χ4v) is 5.92. The van der Waals surface area contributed by atoms with Crippen molar-refractivity contribution in [2.75, 3.05) is 26.8 Å². The lowest BCUT2D eigenvalue weighted by atomic mass is 9.87. The van der Waals surface area contributed by atoms with Crippen molar-refractivity contribution >= 4 is 16.0 Å². The number of esters is 1. The molecular formula is C25H33NO5S. The maximum absolute atomic E-state index is 13.0. The van der Waals surface area contributed by atoms with E-state index in [4.69, 9.17) is 9.47 Å². The minimum Gasteiger partial charge on any atom is -0.494 e. The zero-order valence-corrected chi connectivity index (χ0v) is 20.4. The molecule has 0 amide bonds. The molecular weight excluding hydrogens is 426 g/mol. The van der Waals surface area contributed by atoms with E-state index in [1.165, 1.54) is 36.4 Å². The number of hydrogen-bond donors (Lipinski definition) is 0. The number of nitrogens with zero attached hydrogens (tertiary/aromatic N) is 1. The zero-order chi connectivity index (χ0) is 23.5. The molecule has 0 bridgehead atoms. The van der Waals surface area contributed by atoms with Gasteiger partial charge < -0.3 is 9.47 Å². The number of hydrogen-bond acceptors (Lipinski definition) is 5. The second-order valence-electron chi connectivity index (χ2n) is 8.72. The van der Waals surface area contributed by atoms with Gasteiger partial charge in [-0.25, -0.2) is 12.7 Å². The Morgan fingerprint density at radius 1 is 1.12 bits per heavy atom. The van der Waals surface area contributed by atoms with Gasteiger partial charge in [0.25, 0.3) is 0 Å². The molecule has 1 saturated heterocycles. The molecule has 0 unspecified atom stereocenters. The first-order valence-electron chi connectivity index (χ1n) is 11.0.